The maximum Gasteiger partial charge on any atom is 0.356 e. The van der Waals surface area contributed by atoms with Crippen molar-refractivity contribution in [2.75, 3.05) is 6.61 Å². The molecule has 0 saturated heterocycles. The Bertz CT molecular complexity index is 841. The van der Waals surface area contributed by atoms with Gasteiger partial charge in [-0.1, -0.05) is 42.5 Å². The fourth-order valence-corrected chi connectivity index (χ4v) is 2.72. The summed E-state index contributed by atoms with van der Waals surface area (Å²) in [6.45, 7) is 4.68. The minimum atomic E-state index is -0.361. The number of benzene rings is 2. The fraction of sp³-hybridized carbons (Fsp3) is 0.238. The van der Waals surface area contributed by atoms with Gasteiger partial charge in [0.1, 0.15) is 18.1 Å². The van der Waals surface area contributed by atoms with Crippen LogP contribution in [-0.4, -0.2) is 22.1 Å². The van der Waals surface area contributed by atoms with Crippen LogP contribution >= 0.6 is 0 Å². The van der Waals surface area contributed by atoms with Crippen molar-refractivity contribution in [2.24, 2.45) is 0 Å². The van der Waals surface area contributed by atoms with Crippen molar-refractivity contribution in [3.8, 4) is 5.75 Å². The fourth-order valence-electron chi connectivity index (χ4n) is 2.72. The van der Waals surface area contributed by atoms with Crippen LogP contribution in [-0.2, 0) is 11.3 Å². The van der Waals surface area contributed by atoms with E-state index in [1.807, 2.05) is 66.1 Å². The molecule has 5 nitrogen and oxygen atoms in total. The molecule has 0 aliphatic carbocycles. The average Bonchev–Trinajstić information content (AvgIpc) is 3.17. The highest BCUT2D eigenvalue weighted by molar-refractivity contribution is 5.87. The molecule has 1 unspecified atom stereocenters. The van der Waals surface area contributed by atoms with Gasteiger partial charge >= 0.3 is 5.97 Å². The third kappa shape index (κ3) is 4.11. The first-order valence-electron chi connectivity index (χ1n) is 8.64. The minimum absolute atomic E-state index is 0.0416. The van der Waals surface area contributed by atoms with Crippen LogP contribution in [0.2, 0.25) is 0 Å². The lowest BCUT2D eigenvalue weighted by molar-refractivity contribution is 0.0512. The zero-order valence-corrected chi connectivity index (χ0v) is 15.0. The Hall–Kier alpha value is -3.08. The predicted molar refractivity (Wildman–Crippen MR) is 99.2 cm³/mol. The van der Waals surface area contributed by atoms with Crippen LogP contribution in [0, 0.1) is 0 Å². The van der Waals surface area contributed by atoms with Crippen molar-refractivity contribution in [3.63, 3.8) is 0 Å². The largest absolute Gasteiger partial charge is 0.489 e. The maximum absolute atomic E-state index is 12.0. The Morgan fingerprint density at radius 3 is 2.54 bits per heavy atom. The molecule has 0 N–H and O–H groups in total. The smallest absolute Gasteiger partial charge is 0.356 e. The molecule has 0 fully saturated rings. The van der Waals surface area contributed by atoms with E-state index in [-0.39, 0.29) is 12.0 Å². The van der Waals surface area contributed by atoms with Crippen LogP contribution in [0.25, 0.3) is 0 Å². The Balaban J connectivity index is 1.68. The lowest BCUT2D eigenvalue weighted by Crippen LogP contribution is -2.15. The summed E-state index contributed by atoms with van der Waals surface area (Å²) in [5, 5.41) is 0. The van der Waals surface area contributed by atoms with E-state index >= 15 is 0 Å². The molecule has 0 saturated carbocycles. The van der Waals surface area contributed by atoms with E-state index in [9.17, 15) is 4.79 Å². The standard InChI is InChI=1S/C21H22N2O3/c1-3-25-21(24)20-13-22-15-23(20)16(2)18-9-11-19(12-10-18)26-14-17-7-5-4-6-8-17/h4-13,15-16H,3,14H2,1-2H3. The molecule has 0 bridgehead atoms. The van der Waals surface area contributed by atoms with E-state index in [2.05, 4.69) is 4.98 Å². The van der Waals surface area contributed by atoms with E-state index in [1.165, 1.54) is 6.20 Å². The average molecular weight is 350 g/mol. The summed E-state index contributed by atoms with van der Waals surface area (Å²) in [6, 6.07) is 17.9. The van der Waals surface area contributed by atoms with Gasteiger partial charge in [-0.05, 0) is 37.1 Å². The van der Waals surface area contributed by atoms with Gasteiger partial charge in [-0.25, -0.2) is 9.78 Å². The van der Waals surface area contributed by atoms with Crippen LogP contribution in [0.5, 0.6) is 5.75 Å². The number of carbonyl (C=O) groups excluding carboxylic acids is 1. The van der Waals surface area contributed by atoms with E-state index in [1.54, 1.807) is 13.3 Å². The Labute approximate surface area is 153 Å². The first-order valence-corrected chi connectivity index (χ1v) is 8.64. The molecule has 134 valence electrons. The normalized spacial score (nSPS) is 11.8. The highest BCUT2D eigenvalue weighted by atomic mass is 16.5. The van der Waals surface area contributed by atoms with E-state index < -0.39 is 0 Å². The van der Waals surface area contributed by atoms with Gasteiger partial charge in [0.25, 0.3) is 0 Å². The lowest BCUT2D eigenvalue weighted by atomic mass is 10.1. The minimum Gasteiger partial charge on any atom is -0.489 e. The molecule has 3 aromatic rings. The Morgan fingerprint density at radius 2 is 1.85 bits per heavy atom. The predicted octanol–water partition coefficient (Wildman–Crippen LogP) is 4.25. The molecule has 0 radical (unpaired) electrons. The van der Waals surface area contributed by atoms with Crippen LogP contribution in [0.15, 0.2) is 67.1 Å². The van der Waals surface area contributed by atoms with Gasteiger partial charge < -0.3 is 14.0 Å². The van der Waals surface area contributed by atoms with Crippen molar-refractivity contribution in [2.45, 2.75) is 26.5 Å². The summed E-state index contributed by atoms with van der Waals surface area (Å²) < 4.78 is 12.7. The Kier molecular flexibility index (Phi) is 5.69. The molecule has 2 aromatic carbocycles. The molecule has 1 aromatic heterocycles. The summed E-state index contributed by atoms with van der Waals surface area (Å²) in [6.07, 6.45) is 3.18. The number of carbonyl (C=O) groups is 1. The summed E-state index contributed by atoms with van der Waals surface area (Å²) in [5.74, 6) is 0.445. The van der Waals surface area contributed by atoms with Gasteiger partial charge in [-0.2, -0.15) is 0 Å². The molecular formula is C21H22N2O3. The molecule has 0 spiro atoms. The van der Waals surface area contributed by atoms with Crippen molar-refractivity contribution in [3.05, 3.63) is 83.9 Å². The maximum atomic E-state index is 12.0. The van der Waals surface area contributed by atoms with Crippen molar-refractivity contribution in [1.82, 2.24) is 9.55 Å². The lowest BCUT2D eigenvalue weighted by Gasteiger charge is -2.17. The van der Waals surface area contributed by atoms with Crippen LogP contribution < -0.4 is 4.74 Å². The van der Waals surface area contributed by atoms with E-state index in [0.717, 1.165) is 16.9 Å². The number of esters is 1. The molecule has 3 rings (SSSR count). The van der Waals surface area contributed by atoms with Gasteiger partial charge in [0.15, 0.2) is 0 Å². The summed E-state index contributed by atoms with van der Waals surface area (Å²) in [7, 11) is 0. The second kappa shape index (κ2) is 8.34. The van der Waals surface area contributed by atoms with Crippen LogP contribution in [0.4, 0.5) is 0 Å². The van der Waals surface area contributed by atoms with E-state index in [4.69, 9.17) is 9.47 Å². The SMILES string of the molecule is CCOC(=O)c1cncn1C(C)c1ccc(OCc2ccccc2)cc1. The quantitative estimate of drug-likeness (QED) is 0.598. The van der Waals surface area contributed by atoms with Gasteiger partial charge in [0, 0.05) is 0 Å². The van der Waals surface area contributed by atoms with Crippen molar-refractivity contribution < 1.29 is 14.3 Å². The Morgan fingerprint density at radius 1 is 1.12 bits per heavy atom. The zero-order chi connectivity index (χ0) is 18.4. The molecule has 1 heterocycles. The van der Waals surface area contributed by atoms with Crippen molar-refractivity contribution in [1.29, 1.82) is 0 Å². The zero-order valence-electron chi connectivity index (χ0n) is 15.0. The number of ether oxygens (including phenoxy) is 2. The van der Waals surface area contributed by atoms with Gasteiger partial charge in [-0.15, -0.1) is 0 Å². The molecule has 5 heteroatoms. The highest BCUT2D eigenvalue weighted by Crippen LogP contribution is 2.23. The molecular weight excluding hydrogens is 328 g/mol. The molecule has 26 heavy (non-hydrogen) atoms. The van der Waals surface area contributed by atoms with Crippen molar-refractivity contribution >= 4 is 5.97 Å². The second-order valence-corrected chi connectivity index (χ2v) is 5.93. The number of imidazole rings is 1. The molecule has 0 amide bonds. The first kappa shape index (κ1) is 17.7. The third-order valence-corrected chi connectivity index (χ3v) is 4.18. The number of nitrogens with zero attached hydrogens (tertiary/aromatic N) is 2. The van der Waals surface area contributed by atoms with Crippen LogP contribution in [0.1, 0.15) is 41.5 Å². The van der Waals surface area contributed by atoms with E-state index in [0.29, 0.717) is 18.9 Å². The summed E-state index contributed by atoms with van der Waals surface area (Å²) in [4.78, 5) is 16.1. The van der Waals surface area contributed by atoms with Crippen LogP contribution in [0.3, 0.4) is 0 Å². The monoisotopic (exact) mass is 350 g/mol. The number of rotatable bonds is 7. The van der Waals surface area contributed by atoms with Gasteiger partial charge in [-0.3, -0.25) is 0 Å². The molecule has 1 atom stereocenters. The number of hydrogen-bond acceptors (Lipinski definition) is 4. The first-order chi connectivity index (χ1) is 12.7. The number of hydrogen-bond donors (Lipinski definition) is 0. The highest BCUT2D eigenvalue weighted by Gasteiger charge is 2.18. The number of aromatic nitrogens is 2. The summed E-state index contributed by atoms with van der Waals surface area (Å²) in [5.41, 5.74) is 2.63. The molecule has 0 aliphatic heterocycles. The topological polar surface area (TPSA) is 53.3 Å². The second-order valence-electron chi connectivity index (χ2n) is 5.93. The summed E-state index contributed by atoms with van der Waals surface area (Å²) >= 11 is 0. The molecule has 0 aliphatic rings. The van der Waals surface area contributed by atoms with Gasteiger partial charge in [0.2, 0.25) is 0 Å². The third-order valence-electron chi connectivity index (χ3n) is 4.18. The van der Waals surface area contributed by atoms with Gasteiger partial charge in [0.05, 0.1) is 25.2 Å².